The highest BCUT2D eigenvalue weighted by atomic mass is 35.5. The van der Waals surface area contributed by atoms with Crippen LogP contribution in [0.2, 0.25) is 5.15 Å². The zero-order valence-corrected chi connectivity index (χ0v) is 15.8. The minimum atomic E-state index is -0.107. The summed E-state index contributed by atoms with van der Waals surface area (Å²) in [5, 5.41) is 8.32. The van der Waals surface area contributed by atoms with Crippen LogP contribution in [0, 0.1) is 5.82 Å². The molecule has 1 amide bonds. The van der Waals surface area contributed by atoms with Crippen LogP contribution in [0.5, 0.6) is 0 Å². The molecule has 0 N–H and O–H groups in total. The first-order valence-electron chi connectivity index (χ1n) is 9.40. The van der Waals surface area contributed by atoms with Crippen molar-refractivity contribution in [2.75, 3.05) is 31.1 Å². The van der Waals surface area contributed by atoms with Crippen LogP contribution in [-0.4, -0.2) is 47.2 Å². The van der Waals surface area contributed by atoms with E-state index in [1.54, 1.807) is 12.1 Å². The molecule has 0 radical (unpaired) electrons. The lowest BCUT2D eigenvalue weighted by molar-refractivity contribution is -0.130. The van der Waals surface area contributed by atoms with Gasteiger partial charge in [0.2, 0.25) is 5.91 Å². The van der Waals surface area contributed by atoms with Crippen molar-refractivity contribution in [2.24, 2.45) is 0 Å². The van der Waals surface area contributed by atoms with Gasteiger partial charge in [0.1, 0.15) is 5.82 Å². The van der Waals surface area contributed by atoms with Crippen LogP contribution < -0.4 is 4.90 Å². The zero-order chi connectivity index (χ0) is 18.8. The molecule has 0 atom stereocenters. The Hall–Kier alpha value is -2.21. The van der Waals surface area contributed by atoms with E-state index in [9.17, 15) is 9.18 Å². The van der Waals surface area contributed by atoms with Gasteiger partial charge in [0, 0.05) is 32.6 Å². The van der Waals surface area contributed by atoms with Crippen molar-refractivity contribution in [3.8, 4) is 0 Å². The molecule has 2 heterocycles. The molecular weight excluding hydrogens is 367 g/mol. The van der Waals surface area contributed by atoms with E-state index >= 15 is 0 Å². The summed E-state index contributed by atoms with van der Waals surface area (Å²) in [5.74, 6) is 1.15. The average Bonchev–Trinajstić information content (AvgIpc) is 3.50. The number of halogens is 2. The van der Waals surface area contributed by atoms with E-state index in [0.29, 0.717) is 50.1 Å². The number of benzene rings is 1. The number of hydrogen-bond donors (Lipinski definition) is 0. The third-order valence-corrected chi connectivity index (χ3v) is 5.48. The zero-order valence-electron chi connectivity index (χ0n) is 15.1. The van der Waals surface area contributed by atoms with Crippen molar-refractivity contribution < 1.29 is 9.18 Å². The van der Waals surface area contributed by atoms with Crippen LogP contribution in [0.25, 0.3) is 0 Å². The van der Waals surface area contributed by atoms with Crippen molar-refractivity contribution in [1.82, 2.24) is 15.1 Å². The summed E-state index contributed by atoms with van der Waals surface area (Å²) >= 11 is 5.79. The first-order chi connectivity index (χ1) is 13.1. The normalized spacial score (nSPS) is 17.9. The number of aromatic nitrogens is 2. The number of carbonyl (C=O) groups excluding carboxylic acids is 1. The second-order valence-electron chi connectivity index (χ2n) is 7.21. The van der Waals surface area contributed by atoms with Crippen LogP contribution in [0.4, 0.5) is 10.2 Å². The van der Waals surface area contributed by atoms with E-state index in [1.165, 1.54) is 0 Å². The Morgan fingerprint density at radius 2 is 1.96 bits per heavy atom. The average molecular weight is 389 g/mol. The Labute approximate surface area is 163 Å². The standard InChI is InChI=1S/C20H22ClFN4O/c21-18-5-6-19(24-23-18)25-10-8-20(27)26(12-11-25)9-7-14-1-4-16(15-2-3-15)17(22)13-14/h1,4-6,13,15H,2-3,7-12H2. The molecule has 1 saturated carbocycles. The fraction of sp³-hybridized carbons (Fsp3) is 0.450. The van der Waals surface area contributed by atoms with Gasteiger partial charge in [-0.3, -0.25) is 4.79 Å². The van der Waals surface area contributed by atoms with Gasteiger partial charge in [-0.25, -0.2) is 4.39 Å². The summed E-state index contributed by atoms with van der Waals surface area (Å²) in [6.07, 6.45) is 3.27. The van der Waals surface area contributed by atoms with E-state index in [4.69, 9.17) is 11.6 Å². The predicted molar refractivity (Wildman–Crippen MR) is 103 cm³/mol. The SMILES string of the molecule is O=C1CCN(c2ccc(Cl)nn2)CCN1CCc1ccc(C2CC2)c(F)c1. The van der Waals surface area contributed by atoms with E-state index in [2.05, 4.69) is 10.2 Å². The van der Waals surface area contributed by atoms with Crippen molar-refractivity contribution >= 4 is 23.3 Å². The lowest BCUT2D eigenvalue weighted by Crippen LogP contribution is -2.35. The summed E-state index contributed by atoms with van der Waals surface area (Å²) < 4.78 is 14.2. The van der Waals surface area contributed by atoms with Crippen molar-refractivity contribution in [3.63, 3.8) is 0 Å². The topological polar surface area (TPSA) is 49.3 Å². The summed E-state index contributed by atoms with van der Waals surface area (Å²) in [4.78, 5) is 16.4. The van der Waals surface area contributed by atoms with E-state index < -0.39 is 0 Å². The van der Waals surface area contributed by atoms with Gasteiger partial charge >= 0.3 is 0 Å². The fourth-order valence-electron chi connectivity index (χ4n) is 3.53. The highest BCUT2D eigenvalue weighted by Crippen LogP contribution is 2.41. The lowest BCUT2D eigenvalue weighted by atomic mass is 10.0. The molecule has 0 bridgehead atoms. The molecule has 1 saturated heterocycles. The van der Waals surface area contributed by atoms with Gasteiger partial charge in [0.05, 0.1) is 0 Å². The number of nitrogens with zero attached hydrogens (tertiary/aromatic N) is 4. The number of carbonyl (C=O) groups is 1. The Morgan fingerprint density at radius 3 is 2.67 bits per heavy atom. The van der Waals surface area contributed by atoms with Gasteiger partial charge in [-0.1, -0.05) is 23.7 Å². The molecule has 2 aromatic rings. The van der Waals surface area contributed by atoms with Crippen molar-refractivity contribution in [1.29, 1.82) is 0 Å². The molecule has 1 aromatic heterocycles. The van der Waals surface area contributed by atoms with Gasteiger partial charge < -0.3 is 9.80 Å². The third kappa shape index (κ3) is 4.38. The molecule has 5 nitrogen and oxygen atoms in total. The van der Waals surface area contributed by atoms with Crippen molar-refractivity contribution in [3.05, 3.63) is 52.4 Å². The third-order valence-electron chi connectivity index (χ3n) is 5.28. The van der Waals surface area contributed by atoms with E-state index in [0.717, 1.165) is 29.8 Å². The van der Waals surface area contributed by atoms with Crippen LogP contribution in [-0.2, 0) is 11.2 Å². The maximum absolute atomic E-state index is 14.2. The second kappa shape index (κ2) is 7.80. The van der Waals surface area contributed by atoms with Gasteiger partial charge in [0.25, 0.3) is 0 Å². The van der Waals surface area contributed by atoms with Crippen molar-refractivity contribution in [2.45, 2.75) is 31.6 Å². The predicted octanol–water partition coefficient (Wildman–Crippen LogP) is 3.43. The van der Waals surface area contributed by atoms with Crippen LogP contribution in [0.3, 0.4) is 0 Å². The summed E-state index contributed by atoms with van der Waals surface area (Å²) in [7, 11) is 0. The Balaban J connectivity index is 1.35. The Morgan fingerprint density at radius 1 is 1.11 bits per heavy atom. The largest absolute Gasteiger partial charge is 0.353 e. The molecule has 1 aliphatic carbocycles. The number of amides is 1. The molecule has 0 spiro atoms. The maximum atomic E-state index is 14.2. The monoisotopic (exact) mass is 388 g/mol. The van der Waals surface area contributed by atoms with Gasteiger partial charge in [0.15, 0.2) is 11.0 Å². The van der Waals surface area contributed by atoms with Crippen LogP contribution >= 0.6 is 11.6 Å². The number of anilines is 1. The summed E-state index contributed by atoms with van der Waals surface area (Å²) in [6, 6.07) is 9.06. The molecule has 2 fully saturated rings. The molecule has 7 heteroatoms. The van der Waals surface area contributed by atoms with Gasteiger partial charge in [-0.15, -0.1) is 10.2 Å². The van der Waals surface area contributed by atoms with E-state index in [-0.39, 0.29) is 11.7 Å². The minimum Gasteiger partial charge on any atom is -0.353 e. The summed E-state index contributed by atoms with van der Waals surface area (Å²) in [6.45, 7) is 2.51. The first-order valence-corrected chi connectivity index (χ1v) is 9.78. The molecule has 1 aliphatic heterocycles. The maximum Gasteiger partial charge on any atom is 0.224 e. The molecule has 1 aromatic carbocycles. The summed E-state index contributed by atoms with van der Waals surface area (Å²) in [5.41, 5.74) is 1.78. The Bertz CT molecular complexity index is 825. The minimum absolute atomic E-state index is 0.107. The second-order valence-corrected chi connectivity index (χ2v) is 7.60. The van der Waals surface area contributed by atoms with Gasteiger partial charge in [-0.2, -0.15) is 0 Å². The lowest BCUT2D eigenvalue weighted by Gasteiger charge is -2.22. The smallest absolute Gasteiger partial charge is 0.224 e. The molecule has 27 heavy (non-hydrogen) atoms. The molecule has 0 unspecified atom stereocenters. The highest BCUT2D eigenvalue weighted by molar-refractivity contribution is 6.29. The fourth-order valence-corrected chi connectivity index (χ4v) is 3.63. The number of rotatable bonds is 5. The molecule has 4 rings (SSSR count). The first kappa shape index (κ1) is 18.2. The molecular formula is C20H22ClFN4O. The number of hydrogen-bond acceptors (Lipinski definition) is 4. The Kier molecular flexibility index (Phi) is 5.25. The van der Waals surface area contributed by atoms with Crippen LogP contribution in [0.15, 0.2) is 30.3 Å². The van der Waals surface area contributed by atoms with Crippen LogP contribution in [0.1, 0.15) is 36.3 Å². The molecule has 142 valence electrons. The highest BCUT2D eigenvalue weighted by Gasteiger charge is 2.26. The van der Waals surface area contributed by atoms with E-state index in [1.807, 2.05) is 28.0 Å². The quantitative estimate of drug-likeness (QED) is 0.787. The molecule has 2 aliphatic rings. The van der Waals surface area contributed by atoms with Gasteiger partial charge in [-0.05, 0) is 54.5 Å².